The van der Waals surface area contributed by atoms with Crippen LogP contribution in [0.2, 0.25) is 5.02 Å². The van der Waals surface area contributed by atoms with Gasteiger partial charge in [-0.2, -0.15) is 0 Å². The molecule has 0 saturated heterocycles. The van der Waals surface area contributed by atoms with Crippen molar-refractivity contribution in [2.45, 2.75) is 4.90 Å². The van der Waals surface area contributed by atoms with E-state index in [9.17, 15) is 19.5 Å². The molecule has 0 aliphatic heterocycles. The molecular formula is C22H16ClNO4S. The van der Waals surface area contributed by atoms with E-state index in [1.807, 2.05) is 0 Å². The van der Waals surface area contributed by atoms with E-state index < -0.39 is 11.9 Å². The minimum absolute atomic E-state index is 0.00526. The number of carbonyl (C=O) groups is 3. The van der Waals surface area contributed by atoms with Gasteiger partial charge in [0.15, 0.2) is 5.78 Å². The number of amides is 1. The van der Waals surface area contributed by atoms with Gasteiger partial charge in [0, 0.05) is 21.2 Å². The number of benzene rings is 3. The maximum absolute atomic E-state index is 12.4. The van der Waals surface area contributed by atoms with Gasteiger partial charge in [-0.15, -0.1) is 11.8 Å². The number of ketones is 1. The van der Waals surface area contributed by atoms with Crippen LogP contribution in [0.5, 0.6) is 0 Å². The van der Waals surface area contributed by atoms with Gasteiger partial charge >= 0.3 is 5.97 Å². The highest BCUT2D eigenvalue weighted by molar-refractivity contribution is 8.00. The lowest BCUT2D eigenvalue weighted by Gasteiger charge is -2.08. The second kappa shape index (κ2) is 9.41. The maximum Gasteiger partial charge on any atom is 0.336 e. The van der Waals surface area contributed by atoms with E-state index >= 15 is 0 Å². The summed E-state index contributed by atoms with van der Waals surface area (Å²) in [6, 6.07) is 19.8. The van der Waals surface area contributed by atoms with Crippen LogP contribution in [0, 0.1) is 0 Å². The molecule has 0 fully saturated rings. The van der Waals surface area contributed by atoms with Crippen LogP contribution in [0.4, 0.5) is 5.69 Å². The lowest BCUT2D eigenvalue weighted by molar-refractivity contribution is 0.0692. The van der Waals surface area contributed by atoms with Gasteiger partial charge in [0.05, 0.1) is 16.9 Å². The standard InChI is InChI=1S/C22H16ClNO4S/c23-15-7-5-14(6-8-15)20(25)13-29-17-11-9-16(10-12-17)24-21(26)18-3-1-2-4-19(18)22(27)28/h1-12H,13H2,(H,24,26)(H,27,28). The molecule has 7 heteroatoms. The second-order valence-corrected chi connectivity index (χ2v) is 7.53. The van der Waals surface area contributed by atoms with Crippen molar-refractivity contribution >= 4 is 46.7 Å². The van der Waals surface area contributed by atoms with Crippen LogP contribution in [0.1, 0.15) is 31.1 Å². The van der Waals surface area contributed by atoms with E-state index in [0.717, 1.165) is 4.90 Å². The Morgan fingerprint density at radius 3 is 2.10 bits per heavy atom. The monoisotopic (exact) mass is 425 g/mol. The summed E-state index contributed by atoms with van der Waals surface area (Å²) in [6.45, 7) is 0. The first kappa shape index (κ1) is 20.6. The zero-order chi connectivity index (χ0) is 20.8. The number of carbonyl (C=O) groups excluding carboxylic acids is 2. The molecule has 0 spiro atoms. The van der Waals surface area contributed by atoms with Crippen LogP contribution in [0.3, 0.4) is 0 Å². The Bertz CT molecular complexity index is 1050. The highest BCUT2D eigenvalue weighted by Crippen LogP contribution is 2.22. The molecule has 0 heterocycles. The third-order valence-electron chi connectivity index (χ3n) is 4.05. The number of nitrogens with one attached hydrogen (secondary N) is 1. The molecule has 3 rings (SSSR count). The van der Waals surface area contributed by atoms with Crippen molar-refractivity contribution in [2.75, 3.05) is 11.1 Å². The quantitative estimate of drug-likeness (QED) is 0.398. The van der Waals surface area contributed by atoms with Gasteiger partial charge in [-0.25, -0.2) is 4.79 Å². The van der Waals surface area contributed by atoms with Crippen molar-refractivity contribution in [2.24, 2.45) is 0 Å². The molecule has 0 aliphatic rings. The molecule has 3 aromatic carbocycles. The summed E-state index contributed by atoms with van der Waals surface area (Å²) in [5, 5.41) is 12.5. The normalized spacial score (nSPS) is 10.4. The zero-order valence-corrected chi connectivity index (χ0v) is 16.7. The molecule has 2 N–H and O–H groups in total. The molecule has 0 aliphatic carbocycles. The Kier molecular flexibility index (Phi) is 6.69. The molecular weight excluding hydrogens is 410 g/mol. The molecule has 146 valence electrons. The van der Waals surface area contributed by atoms with Crippen molar-refractivity contribution in [1.29, 1.82) is 0 Å². The predicted octanol–water partition coefficient (Wildman–Crippen LogP) is 5.27. The largest absolute Gasteiger partial charge is 0.478 e. The van der Waals surface area contributed by atoms with Gasteiger partial charge in [0.2, 0.25) is 0 Å². The Labute approximate surface area is 176 Å². The highest BCUT2D eigenvalue weighted by atomic mass is 35.5. The molecule has 0 saturated carbocycles. The topological polar surface area (TPSA) is 83.5 Å². The molecule has 1 amide bonds. The fourth-order valence-corrected chi connectivity index (χ4v) is 3.49. The van der Waals surface area contributed by atoms with Crippen molar-refractivity contribution in [3.05, 3.63) is 94.5 Å². The fraction of sp³-hybridized carbons (Fsp3) is 0.0455. The summed E-state index contributed by atoms with van der Waals surface area (Å²) >= 11 is 7.21. The van der Waals surface area contributed by atoms with Crippen LogP contribution in [-0.4, -0.2) is 28.5 Å². The van der Waals surface area contributed by atoms with E-state index in [2.05, 4.69) is 5.32 Å². The van der Waals surface area contributed by atoms with Crippen molar-refractivity contribution in [3.63, 3.8) is 0 Å². The van der Waals surface area contributed by atoms with Gasteiger partial charge < -0.3 is 10.4 Å². The third kappa shape index (κ3) is 5.47. The molecule has 5 nitrogen and oxygen atoms in total. The summed E-state index contributed by atoms with van der Waals surface area (Å²) in [5.74, 6) is -1.39. The Balaban J connectivity index is 1.60. The van der Waals surface area contributed by atoms with E-state index in [0.29, 0.717) is 16.3 Å². The van der Waals surface area contributed by atoms with Crippen molar-refractivity contribution in [3.8, 4) is 0 Å². The third-order valence-corrected chi connectivity index (χ3v) is 5.31. The first-order valence-electron chi connectivity index (χ1n) is 8.59. The summed E-state index contributed by atoms with van der Waals surface area (Å²) in [4.78, 5) is 36.7. The predicted molar refractivity (Wildman–Crippen MR) is 114 cm³/mol. The zero-order valence-electron chi connectivity index (χ0n) is 15.1. The molecule has 0 radical (unpaired) electrons. The SMILES string of the molecule is O=C(CSc1ccc(NC(=O)c2ccccc2C(=O)O)cc1)c1ccc(Cl)cc1. The minimum Gasteiger partial charge on any atom is -0.478 e. The van der Waals surface area contributed by atoms with Gasteiger partial charge in [-0.1, -0.05) is 23.7 Å². The van der Waals surface area contributed by atoms with Gasteiger partial charge in [-0.05, 0) is 60.7 Å². The summed E-state index contributed by atoms with van der Waals surface area (Å²) in [5.41, 5.74) is 1.16. The lowest BCUT2D eigenvalue weighted by Crippen LogP contribution is -2.16. The number of anilines is 1. The second-order valence-electron chi connectivity index (χ2n) is 6.05. The molecule has 29 heavy (non-hydrogen) atoms. The summed E-state index contributed by atoms with van der Waals surface area (Å²) < 4.78 is 0. The van der Waals surface area contributed by atoms with Crippen molar-refractivity contribution in [1.82, 2.24) is 0 Å². The van der Waals surface area contributed by atoms with Gasteiger partial charge in [0.1, 0.15) is 0 Å². The van der Waals surface area contributed by atoms with Crippen LogP contribution < -0.4 is 5.32 Å². The van der Waals surface area contributed by atoms with E-state index in [1.165, 1.54) is 23.9 Å². The lowest BCUT2D eigenvalue weighted by atomic mass is 10.1. The Morgan fingerprint density at radius 2 is 1.48 bits per heavy atom. The van der Waals surface area contributed by atoms with Gasteiger partial charge in [0.25, 0.3) is 5.91 Å². The van der Waals surface area contributed by atoms with Crippen LogP contribution >= 0.6 is 23.4 Å². The number of Topliss-reactive ketones (excluding diaryl/α,β-unsaturated/α-hetero) is 1. The number of hydrogen-bond donors (Lipinski definition) is 2. The van der Waals surface area contributed by atoms with E-state index in [1.54, 1.807) is 60.7 Å². The average Bonchev–Trinajstić information content (AvgIpc) is 2.73. The number of rotatable bonds is 7. The van der Waals surface area contributed by atoms with Crippen LogP contribution in [0.25, 0.3) is 0 Å². The van der Waals surface area contributed by atoms with E-state index in [4.69, 9.17) is 11.6 Å². The summed E-state index contributed by atoms with van der Waals surface area (Å²) in [6.07, 6.45) is 0. The number of halogens is 1. The summed E-state index contributed by atoms with van der Waals surface area (Å²) in [7, 11) is 0. The average molecular weight is 426 g/mol. The van der Waals surface area contributed by atoms with Gasteiger partial charge in [-0.3, -0.25) is 9.59 Å². The number of carboxylic acids is 1. The minimum atomic E-state index is -1.16. The molecule has 3 aromatic rings. The number of carboxylic acid groups (broad SMARTS) is 1. The number of aromatic carboxylic acids is 1. The van der Waals surface area contributed by atoms with Crippen molar-refractivity contribution < 1.29 is 19.5 Å². The first-order valence-corrected chi connectivity index (χ1v) is 9.95. The maximum atomic E-state index is 12.4. The van der Waals surface area contributed by atoms with E-state index in [-0.39, 0.29) is 22.7 Å². The smallest absolute Gasteiger partial charge is 0.336 e. The molecule has 0 atom stereocenters. The molecule has 0 unspecified atom stereocenters. The number of thioether (sulfide) groups is 1. The molecule has 0 bridgehead atoms. The van der Waals surface area contributed by atoms with Crippen LogP contribution in [-0.2, 0) is 0 Å². The highest BCUT2D eigenvalue weighted by Gasteiger charge is 2.15. The molecule has 0 aromatic heterocycles. The fourth-order valence-electron chi connectivity index (χ4n) is 2.57. The first-order chi connectivity index (χ1) is 13.9. The Morgan fingerprint density at radius 1 is 0.862 bits per heavy atom. The number of hydrogen-bond acceptors (Lipinski definition) is 4. The Hall–Kier alpha value is -3.09. The van der Waals surface area contributed by atoms with Crippen LogP contribution in [0.15, 0.2) is 77.7 Å².